The third-order valence-electron chi connectivity index (χ3n) is 3.49. The van der Waals surface area contributed by atoms with Crippen LogP contribution in [-0.4, -0.2) is 44.4 Å². The van der Waals surface area contributed by atoms with Gasteiger partial charge in [-0.05, 0) is 13.0 Å². The van der Waals surface area contributed by atoms with Crippen LogP contribution in [0.2, 0.25) is 0 Å². The summed E-state index contributed by atoms with van der Waals surface area (Å²) < 4.78 is 27.7. The van der Waals surface area contributed by atoms with Crippen LogP contribution in [0.4, 0.5) is 8.78 Å². The van der Waals surface area contributed by atoms with Crippen LogP contribution in [0.1, 0.15) is 29.0 Å². The molecule has 1 fully saturated rings. The van der Waals surface area contributed by atoms with Crippen LogP contribution in [0.15, 0.2) is 18.3 Å². The summed E-state index contributed by atoms with van der Waals surface area (Å²) in [5, 5.41) is 4.06. The number of halogens is 2. The average Bonchev–Trinajstić information content (AvgIpc) is 2.85. The molecule has 2 aromatic rings. The van der Waals surface area contributed by atoms with Crippen molar-refractivity contribution in [2.45, 2.75) is 25.7 Å². The van der Waals surface area contributed by atoms with Gasteiger partial charge in [0.1, 0.15) is 5.69 Å². The maximum atomic E-state index is 13.1. The molecule has 2 aromatic heterocycles. The lowest BCUT2D eigenvalue weighted by atomic mass is 10.1. The molecule has 5 nitrogen and oxygen atoms in total. The highest BCUT2D eigenvalue weighted by molar-refractivity contribution is 5.93. The first-order valence-corrected chi connectivity index (χ1v) is 6.45. The van der Waals surface area contributed by atoms with Crippen molar-refractivity contribution in [3.8, 4) is 0 Å². The number of piperidine rings is 1. The maximum absolute atomic E-state index is 13.1. The predicted octanol–water partition coefficient (Wildman–Crippen LogP) is 1.91. The minimum atomic E-state index is -2.66. The molecular formula is C13H14F2N4O. The number of amides is 1. The second-order valence-electron chi connectivity index (χ2n) is 5.03. The van der Waals surface area contributed by atoms with E-state index in [1.165, 1.54) is 9.42 Å². The Hall–Kier alpha value is -2.05. The molecule has 20 heavy (non-hydrogen) atoms. The van der Waals surface area contributed by atoms with Crippen molar-refractivity contribution in [2.24, 2.45) is 0 Å². The molecule has 0 spiro atoms. The van der Waals surface area contributed by atoms with Crippen molar-refractivity contribution < 1.29 is 13.6 Å². The molecule has 0 aliphatic carbocycles. The highest BCUT2D eigenvalue weighted by Gasteiger charge is 2.36. The summed E-state index contributed by atoms with van der Waals surface area (Å²) in [5.41, 5.74) is 1.64. The standard InChI is InChI=1S/C13H14F2N4O/c1-9-8-10(19-11(17-9)2-5-16-19)12(20)18-6-3-13(14,15)4-7-18/h2,5,8H,3-4,6-7H2,1H3. The van der Waals surface area contributed by atoms with Gasteiger partial charge in [0.25, 0.3) is 11.8 Å². The zero-order valence-corrected chi connectivity index (χ0v) is 11.0. The molecule has 0 saturated carbocycles. The summed E-state index contributed by atoms with van der Waals surface area (Å²) >= 11 is 0. The highest BCUT2D eigenvalue weighted by Crippen LogP contribution is 2.28. The molecule has 0 radical (unpaired) electrons. The van der Waals surface area contributed by atoms with Gasteiger partial charge in [0.05, 0.1) is 6.20 Å². The van der Waals surface area contributed by atoms with Gasteiger partial charge in [-0.3, -0.25) is 4.79 Å². The van der Waals surface area contributed by atoms with Crippen molar-refractivity contribution in [3.05, 3.63) is 29.7 Å². The summed E-state index contributed by atoms with van der Waals surface area (Å²) in [4.78, 5) is 18.2. The van der Waals surface area contributed by atoms with E-state index in [1.807, 2.05) is 0 Å². The largest absolute Gasteiger partial charge is 0.337 e. The fourth-order valence-electron chi connectivity index (χ4n) is 2.39. The first kappa shape index (κ1) is 13.0. The number of hydrogen-bond acceptors (Lipinski definition) is 3. The molecule has 0 N–H and O–H groups in total. The van der Waals surface area contributed by atoms with Gasteiger partial charge in [0.2, 0.25) is 0 Å². The van der Waals surface area contributed by atoms with Gasteiger partial charge < -0.3 is 4.90 Å². The zero-order chi connectivity index (χ0) is 14.3. The van der Waals surface area contributed by atoms with Crippen LogP contribution in [0, 0.1) is 6.92 Å². The van der Waals surface area contributed by atoms with E-state index in [-0.39, 0.29) is 31.8 Å². The van der Waals surface area contributed by atoms with Crippen molar-refractivity contribution in [1.29, 1.82) is 0 Å². The van der Waals surface area contributed by atoms with Gasteiger partial charge in [0, 0.05) is 37.7 Å². The van der Waals surface area contributed by atoms with Gasteiger partial charge >= 0.3 is 0 Å². The number of alkyl halides is 2. The quantitative estimate of drug-likeness (QED) is 0.801. The third kappa shape index (κ3) is 2.23. The van der Waals surface area contributed by atoms with Gasteiger partial charge in [-0.2, -0.15) is 5.10 Å². The molecule has 3 heterocycles. The van der Waals surface area contributed by atoms with Gasteiger partial charge in [-0.1, -0.05) is 0 Å². The Morgan fingerprint density at radius 3 is 2.75 bits per heavy atom. The van der Waals surface area contributed by atoms with Crippen LogP contribution in [0.5, 0.6) is 0 Å². The van der Waals surface area contributed by atoms with E-state index in [0.29, 0.717) is 17.0 Å². The fraction of sp³-hybridized carbons (Fsp3) is 0.462. The molecule has 7 heteroatoms. The molecule has 0 atom stereocenters. The van der Waals surface area contributed by atoms with Crippen molar-refractivity contribution >= 4 is 11.6 Å². The highest BCUT2D eigenvalue weighted by atomic mass is 19.3. The number of carbonyl (C=O) groups excluding carboxylic acids is 1. The summed E-state index contributed by atoms with van der Waals surface area (Å²) in [7, 11) is 0. The Labute approximate surface area is 114 Å². The SMILES string of the molecule is Cc1cc(C(=O)N2CCC(F)(F)CC2)n2nccc2n1. The van der Waals surface area contributed by atoms with Crippen molar-refractivity contribution in [1.82, 2.24) is 19.5 Å². The topological polar surface area (TPSA) is 50.5 Å². The zero-order valence-electron chi connectivity index (χ0n) is 11.0. The lowest BCUT2D eigenvalue weighted by molar-refractivity contribution is -0.0495. The van der Waals surface area contributed by atoms with E-state index < -0.39 is 5.92 Å². The Bertz CT molecular complexity index is 657. The second kappa shape index (κ2) is 4.50. The molecule has 0 aromatic carbocycles. The van der Waals surface area contributed by atoms with E-state index in [0.717, 1.165) is 0 Å². The van der Waals surface area contributed by atoms with Crippen LogP contribution in [0.3, 0.4) is 0 Å². The van der Waals surface area contributed by atoms with E-state index in [4.69, 9.17) is 0 Å². The number of aromatic nitrogens is 3. The number of hydrogen-bond donors (Lipinski definition) is 0. The Balaban J connectivity index is 1.91. The van der Waals surface area contributed by atoms with Gasteiger partial charge in [-0.25, -0.2) is 18.3 Å². The first-order valence-electron chi connectivity index (χ1n) is 6.45. The summed E-state index contributed by atoms with van der Waals surface area (Å²) in [6.07, 6.45) is 0.985. The molecule has 106 valence electrons. The Morgan fingerprint density at radius 2 is 2.05 bits per heavy atom. The molecule has 3 rings (SSSR count). The van der Waals surface area contributed by atoms with Gasteiger partial charge in [0.15, 0.2) is 5.65 Å². The molecule has 1 amide bonds. The predicted molar refractivity (Wildman–Crippen MR) is 67.8 cm³/mol. The lowest BCUT2D eigenvalue weighted by Crippen LogP contribution is -2.43. The number of nitrogens with zero attached hydrogens (tertiary/aromatic N) is 4. The third-order valence-corrected chi connectivity index (χ3v) is 3.49. The Kier molecular flexibility index (Phi) is 2.92. The van der Waals surface area contributed by atoms with E-state index in [2.05, 4.69) is 10.1 Å². The average molecular weight is 280 g/mol. The number of rotatable bonds is 1. The summed E-state index contributed by atoms with van der Waals surface area (Å²) in [6, 6.07) is 3.34. The molecule has 1 saturated heterocycles. The molecule has 1 aliphatic rings. The summed E-state index contributed by atoms with van der Waals surface area (Å²) in [5.74, 6) is -2.94. The van der Waals surface area contributed by atoms with Crippen LogP contribution in [-0.2, 0) is 0 Å². The smallest absolute Gasteiger partial charge is 0.272 e. The number of likely N-dealkylation sites (tertiary alicyclic amines) is 1. The first-order chi connectivity index (χ1) is 9.46. The lowest BCUT2D eigenvalue weighted by Gasteiger charge is -2.31. The number of aryl methyl sites for hydroxylation is 1. The normalized spacial score (nSPS) is 18.4. The van der Waals surface area contributed by atoms with Crippen LogP contribution in [0.25, 0.3) is 5.65 Å². The fourth-order valence-corrected chi connectivity index (χ4v) is 2.39. The number of carbonyl (C=O) groups is 1. The Morgan fingerprint density at radius 1 is 1.35 bits per heavy atom. The van der Waals surface area contributed by atoms with Crippen molar-refractivity contribution in [3.63, 3.8) is 0 Å². The van der Waals surface area contributed by atoms with Crippen LogP contribution < -0.4 is 0 Å². The summed E-state index contributed by atoms with van der Waals surface area (Å²) in [6.45, 7) is 1.92. The van der Waals surface area contributed by atoms with E-state index in [9.17, 15) is 13.6 Å². The molecule has 1 aliphatic heterocycles. The number of fused-ring (bicyclic) bond motifs is 1. The minimum Gasteiger partial charge on any atom is -0.337 e. The monoisotopic (exact) mass is 280 g/mol. The van der Waals surface area contributed by atoms with Crippen LogP contribution >= 0.6 is 0 Å². The van der Waals surface area contributed by atoms with E-state index >= 15 is 0 Å². The second-order valence-corrected chi connectivity index (χ2v) is 5.03. The van der Waals surface area contributed by atoms with E-state index in [1.54, 1.807) is 25.3 Å². The molecule has 0 unspecified atom stereocenters. The van der Waals surface area contributed by atoms with Gasteiger partial charge in [-0.15, -0.1) is 0 Å². The maximum Gasteiger partial charge on any atom is 0.272 e. The van der Waals surface area contributed by atoms with Crippen molar-refractivity contribution in [2.75, 3.05) is 13.1 Å². The molecular weight excluding hydrogens is 266 g/mol. The molecule has 0 bridgehead atoms. The minimum absolute atomic E-state index is 0.0654.